The maximum atomic E-state index is 11.9. The lowest BCUT2D eigenvalue weighted by Gasteiger charge is -2.31. The summed E-state index contributed by atoms with van der Waals surface area (Å²) in [6.07, 6.45) is 4.46. The van der Waals surface area contributed by atoms with Crippen LogP contribution in [0, 0.1) is 5.92 Å². The zero-order valence-electron chi connectivity index (χ0n) is 10.9. The van der Waals surface area contributed by atoms with E-state index in [9.17, 15) is 4.79 Å². The molecule has 2 amide bonds. The predicted octanol–water partition coefficient (Wildman–Crippen LogP) is 2.98. The molecule has 104 valence electrons. The molecule has 1 fully saturated rings. The Bertz CT molecular complexity index is 438. The maximum absolute atomic E-state index is 11.9. The molecule has 2 unspecified atom stereocenters. The Balaban J connectivity index is 1.90. The van der Waals surface area contributed by atoms with Crippen molar-refractivity contribution in [3.05, 3.63) is 29.3 Å². The van der Waals surface area contributed by atoms with Gasteiger partial charge in [0, 0.05) is 16.8 Å². The number of hydrogen-bond donors (Lipinski definition) is 3. The lowest BCUT2D eigenvalue weighted by atomic mass is 9.84. The molecular formula is C14H20ClN3O. The summed E-state index contributed by atoms with van der Waals surface area (Å²) in [5.74, 6) is 0.388. The smallest absolute Gasteiger partial charge is 0.319 e. The third-order valence-corrected chi connectivity index (χ3v) is 3.85. The SMILES string of the molecule is NCC1CCCCC1NC(=O)Nc1cccc(Cl)c1. The van der Waals surface area contributed by atoms with E-state index in [1.54, 1.807) is 18.2 Å². The Morgan fingerprint density at radius 2 is 2.16 bits per heavy atom. The van der Waals surface area contributed by atoms with Crippen molar-refractivity contribution in [2.45, 2.75) is 31.7 Å². The van der Waals surface area contributed by atoms with Crippen LogP contribution in [-0.4, -0.2) is 18.6 Å². The number of carbonyl (C=O) groups is 1. The van der Waals surface area contributed by atoms with Crippen molar-refractivity contribution in [2.75, 3.05) is 11.9 Å². The number of carbonyl (C=O) groups excluding carboxylic acids is 1. The van der Waals surface area contributed by atoms with Gasteiger partial charge in [-0.1, -0.05) is 30.5 Å². The third kappa shape index (κ3) is 4.11. The summed E-state index contributed by atoms with van der Waals surface area (Å²) in [4.78, 5) is 11.9. The lowest BCUT2D eigenvalue weighted by Crippen LogP contribution is -2.46. The highest BCUT2D eigenvalue weighted by atomic mass is 35.5. The first-order valence-corrected chi connectivity index (χ1v) is 7.10. The standard InChI is InChI=1S/C14H20ClN3O/c15-11-5-3-6-12(8-11)17-14(19)18-13-7-2-1-4-10(13)9-16/h3,5-6,8,10,13H,1-2,4,7,9,16H2,(H2,17,18,19). The molecule has 1 aliphatic carbocycles. The van der Waals surface area contributed by atoms with Crippen molar-refractivity contribution in [1.29, 1.82) is 0 Å². The Kier molecular flexibility index (Phi) is 5.05. The summed E-state index contributed by atoms with van der Waals surface area (Å²) in [7, 11) is 0. The minimum atomic E-state index is -0.187. The van der Waals surface area contributed by atoms with Gasteiger partial charge in [0.2, 0.25) is 0 Å². The molecule has 1 aromatic rings. The van der Waals surface area contributed by atoms with Gasteiger partial charge in [-0.2, -0.15) is 0 Å². The Labute approximate surface area is 118 Å². The van der Waals surface area contributed by atoms with Crippen molar-refractivity contribution in [3.8, 4) is 0 Å². The van der Waals surface area contributed by atoms with Crippen molar-refractivity contribution in [3.63, 3.8) is 0 Å². The Morgan fingerprint density at radius 1 is 1.37 bits per heavy atom. The first-order chi connectivity index (χ1) is 9.19. The lowest BCUT2D eigenvalue weighted by molar-refractivity contribution is 0.229. The fourth-order valence-electron chi connectivity index (χ4n) is 2.58. The first-order valence-electron chi connectivity index (χ1n) is 6.72. The molecule has 0 aromatic heterocycles. The number of nitrogens with two attached hydrogens (primary N) is 1. The summed E-state index contributed by atoms with van der Waals surface area (Å²) >= 11 is 5.88. The summed E-state index contributed by atoms with van der Waals surface area (Å²) in [5, 5.41) is 6.42. The van der Waals surface area contributed by atoms with E-state index in [1.807, 2.05) is 6.07 Å². The molecule has 0 spiro atoms. The Hall–Kier alpha value is -1.26. The van der Waals surface area contributed by atoms with E-state index in [0.717, 1.165) is 19.3 Å². The van der Waals surface area contributed by atoms with Gasteiger partial charge in [0.25, 0.3) is 0 Å². The number of urea groups is 1. The van der Waals surface area contributed by atoms with E-state index in [1.165, 1.54) is 6.42 Å². The normalized spacial score (nSPS) is 22.8. The van der Waals surface area contributed by atoms with Crippen LogP contribution in [-0.2, 0) is 0 Å². The van der Waals surface area contributed by atoms with Gasteiger partial charge in [-0.05, 0) is 43.5 Å². The van der Waals surface area contributed by atoms with Crippen LogP contribution in [0.3, 0.4) is 0 Å². The molecule has 2 rings (SSSR count). The van der Waals surface area contributed by atoms with Crippen LogP contribution in [0.2, 0.25) is 5.02 Å². The average molecular weight is 282 g/mol. The number of anilines is 1. The molecule has 4 N–H and O–H groups in total. The van der Waals surface area contributed by atoms with Crippen LogP contribution < -0.4 is 16.4 Å². The second kappa shape index (κ2) is 6.78. The van der Waals surface area contributed by atoms with Gasteiger partial charge in [0.1, 0.15) is 0 Å². The number of hydrogen-bond acceptors (Lipinski definition) is 2. The molecular weight excluding hydrogens is 262 g/mol. The van der Waals surface area contributed by atoms with E-state index in [0.29, 0.717) is 23.2 Å². The van der Waals surface area contributed by atoms with Crippen LogP contribution in [0.15, 0.2) is 24.3 Å². The number of halogens is 1. The van der Waals surface area contributed by atoms with Crippen LogP contribution >= 0.6 is 11.6 Å². The van der Waals surface area contributed by atoms with Crippen LogP contribution in [0.5, 0.6) is 0 Å². The summed E-state index contributed by atoms with van der Waals surface area (Å²) in [6.45, 7) is 0.627. The predicted molar refractivity (Wildman–Crippen MR) is 78.4 cm³/mol. The zero-order chi connectivity index (χ0) is 13.7. The fourth-order valence-corrected chi connectivity index (χ4v) is 2.77. The fraction of sp³-hybridized carbons (Fsp3) is 0.500. The molecule has 2 atom stereocenters. The van der Waals surface area contributed by atoms with E-state index < -0.39 is 0 Å². The minimum Gasteiger partial charge on any atom is -0.335 e. The van der Waals surface area contributed by atoms with Gasteiger partial charge in [-0.3, -0.25) is 0 Å². The van der Waals surface area contributed by atoms with Crippen LogP contribution in [0.4, 0.5) is 10.5 Å². The molecule has 0 bridgehead atoms. The monoisotopic (exact) mass is 281 g/mol. The molecule has 19 heavy (non-hydrogen) atoms. The van der Waals surface area contributed by atoms with E-state index >= 15 is 0 Å². The van der Waals surface area contributed by atoms with Gasteiger partial charge in [-0.15, -0.1) is 0 Å². The van der Waals surface area contributed by atoms with E-state index in [4.69, 9.17) is 17.3 Å². The first kappa shape index (κ1) is 14.2. The average Bonchev–Trinajstić information content (AvgIpc) is 2.39. The molecule has 0 aliphatic heterocycles. The topological polar surface area (TPSA) is 67.1 Å². The highest BCUT2D eigenvalue weighted by Crippen LogP contribution is 2.23. The second-order valence-corrected chi connectivity index (χ2v) is 5.43. The Morgan fingerprint density at radius 3 is 2.89 bits per heavy atom. The van der Waals surface area contributed by atoms with Gasteiger partial charge in [0.15, 0.2) is 0 Å². The molecule has 4 nitrogen and oxygen atoms in total. The molecule has 5 heteroatoms. The number of nitrogens with one attached hydrogen (secondary N) is 2. The highest BCUT2D eigenvalue weighted by Gasteiger charge is 2.25. The van der Waals surface area contributed by atoms with Crippen molar-refractivity contribution in [1.82, 2.24) is 5.32 Å². The highest BCUT2D eigenvalue weighted by molar-refractivity contribution is 6.30. The number of rotatable bonds is 3. The summed E-state index contributed by atoms with van der Waals surface area (Å²) in [6, 6.07) is 7.11. The quantitative estimate of drug-likeness (QED) is 0.797. The van der Waals surface area contributed by atoms with Crippen molar-refractivity contribution < 1.29 is 4.79 Å². The van der Waals surface area contributed by atoms with Gasteiger partial charge < -0.3 is 16.4 Å². The van der Waals surface area contributed by atoms with Crippen molar-refractivity contribution >= 4 is 23.3 Å². The maximum Gasteiger partial charge on any atom is 0.319 e. The third-order valence-electron chi connectivity index (χ3n) is 3.61. The molecule has 0 saturated heterocycles. The molecule has 0 radical (unpaired) electrons. The largest absolute Gasteiger partial charge is 0.335 e. The van der Waals surface area contributed by atoms with E-state index in [-0.39, 0.29) is 12.1 Å². The molecule has 1 aromatic carbocycles. The number of amides is 2. The van der Waals surface area contributed by atoms with Crippen LogP contribution in [0.25, 0.3) is 0 Å². The van der Waals surface area contributed by atoms with Crippen LogP contribution in [0.1, 0.15) is 25.7 Å². The molecule has 0 heterocycles. The summed E-state index contributed by atoms with van der Waals surface area (Å²) < 4.78 is 0. The zero-order valence-corrected chi connectivity index (χ0v) is 11.6. The molecule has 1 saturated carbocycles. The second-order valence-electron chi connectivity index (χ2n) is 5.00. The molecule has 1 aliphatic rings. The van der Waals surface area contributed by atoms with Gasteiger partial charge in [-0.25, -0.2) is 4.79 Å². The minimum absolute atomic E-state index is 0.179. The van der Waals surface area contributed by atoms with Gasteiger partial charge >= 0.3 is 6.03 Å². The van der Waals surface area contributed by atoms with E-state index in [2.05, 4.69) is 10.6 Å². The van der Waals surface area contributed by atoms with Crippen molar-refractivity contribution in [2.24, 2.45) is 11.7 Å². The number of benzene rings is 1. The summed E-state index contributed by atoms with van der Waals surface area (Å²) in [5.41, 5.74) is 6.45. The van der Waals surface area contributed by atoms with Gasteiger partial charge in [0.05, 0.1) is 0 Å².